The number of halogens is 2. The molecule has 1 unspecified atom stereocenters. The zero-order chi connectivity index (χ0) is 68.0. The van der Waals surface area contributed by atoms with E-state index >= 15 is 0 Å². The van der Waals surface area contributed by atoms with E-state index < -0.39 is 68.5 Å². The average molecular weight is 1350 g/mol. The molecule has 1 aliphatic heterocycles. The van der Waals surface area contributed by atoms with Crippen LogP contribution in [0.3, 0.4) is 0 Å². The van der Waals surface area contributed by atoms with Crippen LogP contribution < -0.4 is 31.3 Å². The molecule has 0 bridgehead atoms. The highest BCUT2D eigenvalue weighted by Crippen LogP contribution is 2.43. The SMILES string of the molecule is CCCCCCCC/C=C\CCCCCCCC(=O)OCC(COC(=O)CCCCCCC/C=C\CCCCCCCC)OP(=O)([O-])OCCNC(=O)CCCCC(=O)NCCCCC[NH+]=C(S)Nc1ccc(-c2c3cc(F)c(=O)cc-3oc3cc(O)c(F)cc23)c(C)c1. The molecule has 5 N–H and O–H groups in total. The van der Waals surface area contributed by atoms with Gasteiger partial charge in [0.2, 0.25) is 17.2 Å². The van der Waals surface area contributed by atoms with Crippen molar-refractivity contribution in [3.05, 3.63) is 94.2 Å². The number of hydrogen-bond acceptors (Lipinski definition) is 13. The molecule has 1 heterocycles. The van der Waals surface area contributed by atoms with Crippen LogP contribution in [0.25, 0.3) is 33.4 Å². The summed E-state index contributed by atoms with van der Waals surface area (Å²) in [4.78, 5) is 78.8. The number of phenolic OH excluding ortho intramolecular Hbond substituents is 1. The van der Waals surface area contributed by atoms with Gasteiger partial charge >= 0.3 is 17.1 Å². The standard InChI is InChI=1S/C73H109F2N4O13PS/c1-4-6-8-10-12-14-16-18-20-22-24-26-28-30-33-41-70(84)88-54-58(55-89-71(85)42-34-31-29-27-25-23-21-19-17-15-13-11-9-7-5-2)92-93(86,87)90-48-47-77-69(83)40-36-35-39-68(82)76-45-37-32-38-46-78-73(94)79-57-43-44-59(56(3)49-57)72-60-50-62(74)64(80)52-66(60)91-67-53-65(81)63(75)51-61(67)72/h18-21,43-44,49-53,58,80H,4-17,22-42,45-48,54-55H2,1-3H3,(H,76,82)(H,77,83)(H,86,87)(H2,78,79,94)/b20-18-,21-19-. The number of carbonyl (C=O) groups excluding carboxylic acids is 4. The predicted molar refractivity (Wildman–Crippen MR) is 372 cm³/mol. The minimum Gasteiger partial charge on any atom is -0.756 e. The molecule has 524 valence electrons. The number of allylic oxidation sites excluding steroid dienone is 4. The Kier molecular flexibility index (Phi) is 41.7. The number of carbonyl (C=O) groups is 4. The molecule has 4 rings (SSSR count). The van der Waals surface area contributed by atoms with E-state index in [-0.39, 0.29) is 60.9 Å². The highest BCUT2D eigenvalue weighted by Gasteiger charge is 2.25. The van der Waals surface area contributed by atoms with Gasteiger partial charge in [-0.15, -0.1) is 0 Å². The lowest BCUT2D eigenvalue weighted by atomic mass is 9.91. The Labute approximate surface area is 563 Å². The second-order valence-corrected chi connectivity index (χ2v) is 26.3. The minimum absolute atomic E-state index is 0.0871. The van der Waals surface area contributed by atoms with Crippen LogP contribution in [-0.2, 0) is 42.3 Å². The lowest BCUT2D eigenvalue weighted by molar-refractivity contribution is -0.454. The number of benzene rings is 3. The number of phosphoric acid groups is 1. The summed E-state index contributed by atoms with van der Waals surface area (Å²) in [6.07, 6.45) is 41.0. The first-order valence-corrected chi connectivity index (χ1v) is 37.0. The van der Waals surface area contributed by atoms with Crippen molar-refractivity contribution >= 4 is 66.0 Å². The first-order chi connectivity index (χ1) is 45.5. The maximum Gasteiger partial charge on any atom is 0.306 e. The quantitative estimate of drug-likeness (QED) is 0.00352. The summed E-state index contributed by atoms with van der Waals surface area (Å²) in [5.74, 6) is -3.89. The van der Waals surface area contributed by atoms with E-state index in [9.17, 15) is 47.3 Å². The number of rotatable bonds is 53. The van der Waals surface area contributed by atoms with Crippen molar-refractivity contribution in [1.29, 1.82) is 0 Å². The Balaban J connectivity index is 1.08. The maximum atomic E-state index is 14.6. The molecule has 0 saturated heterocycles. The van der Waals surface area contributed by atoms with Crippen LogP contribution in [-0.4, -0.2) is 79.6 Å². The highest BCUT2D eigenvalue weighted by atomic mass is 32.1. The molecule has 2 aromatic carbocycles. The first kappa shape index (κ1) is 80.5. The molecule has 1 atom stereocenters. The second kappa shape index (κ2) is 48.7. The topological polar surface area (TPSA) is 246 Å². The van der Waals surface area contributed by atoms with Crippen molar-refractivity contribution in [3.8, 4) is 28.2 Å². The molecule has 2 aliphatic rings. The molecule has 0 aromatic heterocycles. The maximum absolute atomic E-state index is 14.6. The fourth-order valence-corrected chi connectivity index (χ4v) is 12.0. The van der Waals surface area contributed by atoms with Crippen molar-refractivity contribution in [3.63, 3.8) is 0 Å². The van der Waals surface area contributed by atoms with E-state index in [0.717, 1.165) is 126 Å². The van der Waals surface area contributed by atoms with Crippen LogP contribution >= 0.6 is 20.5 Å². The summed E-state index contributed by atoms with van der Waals surface area (Å²) in [5.41, 5.74) is 2.04. The minimum atomic E-state index is -5.01. The van der Waals surface area contributed by atoms with E-state index in [0.29, 0.717) is 66.1 Å². The Morgan fingerprint density at radius 1 is 0.628 bits per heavy atom. The van der Waals surface area contributed by atoms with Crippen LogP contribution in [0.2, 0.25) is 0 Å². The number of esters is 2. The second-order valence-electron chi connectivity index (χ2n) is 24.5. The van der Waals surface area contributed by atoms with E-state index in [1.807, 2.05) is 13.0 Å². The number of amidine groups is 1. The van der Waals surface area contributed by atoms with Crippen LogP contribution in [0.1, 0.15) is 244 Å². The van der Waals surface area contributed by atoms with Gasteiger partial charge in [0.25, 0.3) is 7.82 Å². The number of aryl methyl sites for hydroxylation is 1. The number of amides is 2. The summed E-state index contributed by atoms with van der Waals surface area (Å²) < 4.78 is 69.0. The summed E-state index contributed by atoms with van der Waals surface area (Å²) in [6, 6.07) is 9.75. The van der Waals surface area contributed by atoms with Crippen molar-refractivity contribution in [2.24, 2.45) is 0 Å². The number of anilines is 1. The normalized spacial score (nSPS) is 12.6. The molecule has 21 heteroatoms. The number of fused-ring (bicyclic) bond motifs is 2. The smallest absolute Gasteiger partial charge is 0.306 e. The lowest BCUT2D eigenvalue weighted by Gasteiger charge is -2.27. The summed E-state index contributed by atoms with van der Waals surface area (Å²) >= 11 is 4.55. The Morgan fingerprint density at radius 2 is 1.13 bits per heavy atom. The highest BCUT2D eigenvalue weighted by molar-refractivity contribution is 7.96. The van der Waals surface area contributed by atoms with Gasteiger partial charge in [-0.1, -0.05) is 154 Å². The molecule has 94 heavy (non-hydrogen) atoms. The Bertz CT molecular complexity index is 2970. The van der Waals surface area contributed by atoms with Gasteiger partial charge in [0.15, 0.2) is 17.4 Å². The van der Waals surface area contributed by atoms with Crippen LogP contribution in [0, 0.1) is 18.6 Å². The predicted octanol–water partition coefficient (Wildman–Crippen LogP) is 15.6. The number of phenols is 1. The van der Waals surface area contributed by atoms with Gasteiger partial charge < -0.3 is 43.6 Å². The van der Waals surface area contributed by atoms with E-state index in [2.05, 4.69) is 71.7 Å². The molecule has 1 aliphatic carbocycles. The van der Waals surface area contributed by atoms with Crippen LogP contribution in [0.4, 0.5) is 14.5 Å². The van der Waals surface area contributed by atoms with Gasteiger partial charge in [-0.2, -0.15) is 0 Å². The molecule has 0 spiro atoms. The lowest BCUT2D eigenvalue weighted by Crippen LogP contribution is -2.73. The number of thiol groups is 1. The van der Waals surface area contributed by atoms with Gasteiger partial charge in [-0.05, 0) is 145 Å². The van der Waals surface area contributed by atoms with E-state index in [4.69, 9.17) is 22.9 Å². The Morgan fingerprint density at radius 3 is 1.67 bits per heavy atom. The molecule has 0 saturated carbocycles. The summed E-state index contributed by atoms with van der Waals surface area (Å²) in [5, 5.41) is 19.5. The van der Waals surface area contributed by atoms with Crippen molar-refractivity contribution < 1.29 is 70.5 Å². The van der Waals surface area contributed by atoms with Gasteiger partial charge in [0, 0.05) is 67.4 Å². The van der Waals surface area contributed by atoms with Gasteiger partial charge in [0.1, 0.15) is 36.3 Å². The number of phosphoric ester groups is 1. The van der Waals surface area contributed by atoms with Crippen molar-refractivity contribution in [2.45, 2.75) is 252 Å². The van der Waals surface area contributed by atoms with E-state index in [1.54, 1.807) is 12.1 Å². The fraction of sp³-hybridized carbons (Fsp3) is 0.616. The summed E-state index contributed by atoms with van der Waals surface area (Å²) in [7, 11) is -5.01. The molecular weight excluding hydrogens is 1240 g/mol. The number of ether oxygens (including phenoxy) is 2. The number of nitrogens with one attached hydrogen (secondary N) is 4. The molecular formula is C73H109F2N4O13PS. The number of aromatic hydroxyl groups is 1. The average Bonchev–Trinajstić information content (AvgIpc) is 0.749. The fourth-order valence-electron chi connectivity index (χ4n) is 10.9. The van der Waals surface area contributed by atoms with Crippen molar-refractivity contribution in [1.82, 2.24) is 10.6 Å². The van der Waals surface area contributed by atoms with Gasteiger partial charge in [0.05, 0.1) is 13.2 Å². The molecule has 17 nitrogen and oxygen atoms in total. The number of hydrogen-bond donors (Lipinski definition) is 6. The van der Waals surface area contributed by atoms with Gasteiger partial charge in [-0.25, -0.2) is 14.1 Å². The third-order valence-electron chi connectivity index (χ3n) is 16.2. The third-order valence-corrected chi connectivity index (χ3v) is 17.5. The Hall–Kier alpha value is -5.92. The van der Waals surface area contributed by atoms with Crippen LogP contribution in [0.5, 0.6) is 5.75 Å². The molecule has 2 aromatic rings. The molecule has 0 fully saturated rings. The zero-order valence-corrected chi connectivity index (χ0v) is 58.2. The molecule has 2 amide bonds. The van der Waals surface area contributed by atoms with Crippen molar-refractivity contribution in [2.75, 3.05) is 44.8 Å². The zero-order valence-electron chi connectivity index (χ0n) is 56.4. The summed E-state index contributed by atoms with van der Waals surface area (Å²) in [6.45, 7) is 5.90. The monoisotopic (exact) mass is 1350 g/mol. The van der Waals surface area contributed by atoms with E-state index in [1.165, 1.54) is 77.0 Å². The van der Waals surface area contributed by atoms with Gasteiger partial charge in [-0.3, -0.25) is 33.5 Å². The number of unbranched alkanes of at least 4 members (excludes halogenated alkanes) is 25. The largest absolute Gasteiger partial charge is 0.756 e. The van der Waals surface area contributed by atoms with Crippen LogP contribution in [0.15, 0.2) is 76.0 Å². The molecule has 0 radical (unpaired) electrons. The third kappa shape index (κ3) is 35.2. The first-order valence-electron chi connectivity index (χ1n) is 35.0.